The van der Waals surface area contributed by atoms with Crippen LogP contribution in [-0.4, -0.2) is 61.5 Å². The van der Waals surface area contributed by atoms with Gasteiger partial charge >= 0.3 is 0 Å². The van der Waals surface area contributed by atoms with Crippen molar-refractivity contribution in [3.8, 4) is 0 Å². The fourth-order valence-electron chi connectivity index (χ4n) is 2.17. The zero-order valence-corrected chi connectivity index (χ0v) is 12.5. The van der Waals surface area contributed by atoms with Gasteiger partial charge in [0.1, 0.15) is 0 Å². The number of aromatic nitrogens is 2. The third-order valence-electron chi connectivity index (χ3n) is 3.32. The van der Waals surface area contributed by atoms with E-state index in [1.165, 1.54) is 0 Å². The van der Waals surface area contributed by atoms with Gasteiger partial charge in [-0.25, -0.2) is 0 Å². The first kappa shape index (κ1) is 15.5. The number of methoxy groups -OCH3 is 2. The number of nitrogens with zero attached hydrogens (tertiary/aromatic N) is 2. The summed E-state index contributed by atoms with van der Waals surface area (Å²) < 4.78 is 10.1. The summed E-state index contributed by atoms with van der Waals surface area (Å²) in [5, 5.41) is 7.85. The Balaban J connectivity index is 2.10. The fraction of sp³-hybridized carbons (Fsp3) is 0.467. The zero-order chi connectivity index (χ0) is 15.1. The maximum absolute atomic E-state index is 12.6. The molecule has 1 aromatic carbocycles. The molecule has 2 rings (SSSR count). The van der Waals surface area contributed by atoms with Gasteiger partial charge in [-0.05, 0) is 18.6 Å². The molecule has 0 spiro atoms. The van der Waals surface area contributed by atoms with E-state index in [9.17, 15) is 4.79 Å². The van der Waals surface area contributed by atoms with Crippen LogP contribution >= 0.6 is 0 Å². The second-order valence-electron chi connectivity index (χ2n) is 4.80. The van der Waals surface area contributed by atoms with E-state index in [1.54, 1.807) is 25.3 Å². The monoisotopic (exact) mass is 291 g/mol. The fourth-order valence-corrected chi connectivity index (χ4v) is 2.17. The molecule has 0 bridgehead atoms. The van der Waals surface area contributed by atoms with Crippen LogP contribution in [0.5, 0.6) is 0 Å². The summed E-state index contributed by atoms with van der Waals surface area (Å²) in [5.41, 5.74) is 1.52. The van der Waals surface area contributed by atoms with Crippen molar-refractivity contribution in [1.29, 1.82) is 0 Å². The molecule has 2 aromatic rings. The molecule has 1 amide bonds. The molecule has 0 saturated carbocycles. The first-order valence-corrected chi connectivity index (χ1v) is 6.96. The van der Waals surface area contributed by atoms with Crippen LogP contribution in [0.1, 0.15) is 16.8 Å². The smallest absolute Gasteiger partial charge is 0.254 e. The number of nitrogens with one attached hydrogen (secondary N) is 1. The Morgan fingerprint density at radius 1 is 1.24 bits per heavy atom. The SMILES string of the molecule is COCCCN(CCOC)C(=O)c1ccc2cn[nH]c2c1. The van der Waals surface area contributed by atoms with E-state index < -0.39 is 0 Å². The molecule has 114 valence electrons. The number of H-pyrrole nitrogens is 1. The van der Waals surface area contributed by atoms with Crippen LogP contribution < -0.4 is 0 Å². The molecule has 21 heavy (non-hydrogen) atoms. The van der Waals surface area contributed by atoms with Crippen molar-refractivity contribution in [2.45, 2.75) is 6.42 Å². The number of fused-ring (bicyclic) bond motifs is 1. The minimum Gasteiger partial charge on any atom is -0.385 e. The van der Waals surface area contributed by atoms with Crippen LogP contribution in [-0.2, 0) is 9.47 Å². The molecule has 6 heteroatoms. The molecular formula is C15H21N3O3. The highest BCUT2D eigenvalue weighted by Gasteiger charge is 2.16. The predicted octanol–water partition coefficient (Wildman–Crippen LogP) is 1.69. The lowest BCUT2D eigenvalue weighted by Gasteiger charge is -2.22. The molecule has 0 fully saturated rings. The van der Waals surface area contributed by atoms with Crippen molar-refractivity contribution in [2.24, 2.45) is 0 Å². The maximum atomic E-state index is 12.6. The summed E-state index contributed by atoms with van der Waals surface area (Å²) in [5.74, 6) is -0.000321. The van der Waals surface area contributed by atoms with E-state index in [0.717, 1.165) is 17.3 Å². The molecule has 0 radical (unpaired) electrons. The van der Waals surface area contributed by atoms with E-state index in [4.69, 9.17) is 9.47 Å². The number of hydrogen-bond acceptors (Lipinski definition) is 4. The second kappa shape index (κ2) is 7.75. The summed E-state index contributed by atoms with van der Waals surface area (Å²) in [6.45, 7) is 2.37. The van der Waals surface area contributed by atoms with Crippen LogP contribution in [0.3, 0.4) is 0 Å². The van der Waals surface area contributed by atoms with Crippen molar-refractivity contribution < 1.29 is 14.3 Å². The Bertz CT molecular complexity index is 582. The summed E-state index contributed by atoms with van der Waals surface area (Å²) >= 11 is 0. The predicted molar refractivity (Wildman–Crippen MR) is 80.4 cm³/mol. The van der Waals surface area contributed by atoms with Gasteiger partial charge in [0, 0.05) is 44.9 Å². The third-order valence-corrected chi connectivity index (χ3v) is 3.32. The molecule has 6 nitrogen and oxygen atoms in total. The van der Waals surface area contributed by atoms with Crippen LogP contribution in [0.2, 0.25) is 0 Å². The number of ether oxygens (including phenoxy) is 2. The highest BCUT2D eigenvalue weighted by atomic mass is 16.5. The van der Waals surface area contributed by atoms with E-state index in [2.05, 4.69) is 10.2 Å². The highest BCUT2D eigenvalue weighted by Crippen LogP contribution is 2.14. The Kier molecular flexibility index (Phi) is 5.71. The third kappa shape index (κ3) is 4.03. The highest BCUT2D eigenvalue weighted by molar-refractivity contribution is 5.97. The van der Waals surface area contributed by atoms with Crippen molar-refractivity contribution in [3.63, 3.8) is 0 Å². The quantitative estimate of drug-likeness (QED) is 0.752. The van der Waals surface area contributed by atoms with Gasteiger partial charge in [0.25, 0.3) is 5.91 Å². The maximum Gasteiger partial charge on any atom is 0.254 e. The number of hydrogen-bond donors (Lipinski definition) is 1. The van der Waals surface area contributed by atoms with Gasteiger partial charge in [-0.1, -0.05) is 6.07 Å². The topological polar surface area (TPSA) is 67.5 Å². The normalized spacial score (nSPS) is 11.0. The lowest BCUT2D eigenvalue weighted by atomic mass is 10.1. The molecule has 0 atom stereocenters. The number of amides is 1. The van der Waals surface area contributed by atoms with Crippen molar-refractivity contribution in [1.82, 2.24) is 15.1 Å². The molecule has 0 aliphatic heterocycles. The van der Waals surface area contributed by atoms with Crippen LogP contribution in [0.25, 0.3) is 10.9 Å². The first-order valence-electron chi connectivity index (χ1n) is 6.96. The van der Waals surface area contributed by atoms with E-state index in [0.29, 0.717) is 31.9 Å². The van der Waals surface area contributed by atoms with Crippen LogP contribution in [0.15, 0.2) is 24.4 Å². The summed E-state index contributed by atoms with van der Waals surface area (Å²) in [4.78, 5) is 14.4. The van der Waals surface area contributed by atoms with Crippen molar-refractivity contribution in [3.05, 3.63) is 30.0 Å². The molecule has 0 unspecified atom stereocenters. The van der Waals surface area contributed by atoms with Crippen LogP contribution in [0, 0.1) is 0 Å². The summed E-state index contributed by atoms with van der Waals surface area (Å²) in [6, 6.07) is 5.56. The standard InChI is InChI=1S/C15H21N3O3/c1-20-8-3-6-18(7-9-21-2)15(19)12-4-5-13-11-16-17-14(13)10-12/h4-5,10-11H,3,6-9H2,1-2H3,(H,16,17). The average molecular weight is 291 g/mol. The lowest BCUT2D eigenvalue weighted by molar-refractivity contribution is 0.0674. The minimum atomic E-state index is -0.000321. The van der Waals surface area contributed by atoms with Crippen LogP contribution in [0.4, 0.5) is 0 Å². The largest absolute Gasteiger partial charge is 0.385 e. The van der Waals surface area contributed by atoms with Gasteiger partial charge < -0.3 is 14.4 Å². The number of carbonyl (C=O) groups is 1. The summed E-state index contributed by atoms with van der Waals surface area (Å²) in [7, 11) is 3.29. The summed E-state index contributed by atoms with van der Waals surface area (Å²) in [6.07, 6.45) is 2.54. The number of carbonyl (C=O) groups excluding carboxylic acids is 1. The molecule has 1 heterocycles. The molecular weight excluding hydrogens is 270 g/mol. The van der Waals surface area contributed by atoms with Gasteiger partial charge in [-0.2, -0.15) is 5.10 Å². The molecule has 0 saturated heterocycles. The molecule has 1 aromatic heterocycles. The van der Waals surface area contributed by atoms with E-state index in [-0.39, 0.29) is 5.91 Å². The van der Waals surface area contributed by atoms with Crippen molar-refractivity contribution in [2.75, 3.05) is 40.5 Å². The average Bonchev–Trinajstić information content (AvgIpc) is 2.97. The molecule has 0 aliphatic carbocycles. The van der Waals surface area contributed by atoms with E-state index in [1.807, 2.05) is 18.2 Å². The Hall–Kier alpha value is -1.92. The Morgan fingerprint density at radius 3 is 2.81 bits per heavy atom. The lowest BCUT2D eigenvalue weighted by Crippen LogP contribution is -2.35. The Labute approximate surface area is 124 Å². The number of benzene rings is 1. The first-order chi connectivity index (χ1) is 10.3. The minimum absolute atomic E-state index is 0.000321. The number of aromatic amines is 1. The van der Waals surface area contributed by atoms with Gasteiger partial charge in [-0.3, -0.25) is 9.89 Å². The second-order valence-corrected chi connectivity index (χ2v) is 4.80. The van der Waals surface area contributed by atoms with E-state index >= 15 is 0 Å². The van der Waals surface area contributed by atoms with Gasteiger partial charge in [0.15, 0.2) is 0 Å². The van der Waals surface area contributed by atoms with Gasteiger partial charge in [0.2, 0.25) is 0 Å². The molecule has 0 aliphatic rings. The zero-order valence-electron chi connectivity index (χ0n) is 12.5. The van der Waals surface area contributed by atoms with Gasteiger partial charge in [-0.15, -0.1) is 0 Å². The van der Waals surface area contributed by atoms with Crippen molar-refractivity contribution >= 4 is 16.8 Å². The molecule has 1 N–H and O–H groups in total. The van der Waals surface area contributed by atoms with Gasteiger partial charge in [0.05, 0.1) is 18.3 Å². The number of rotatable bonds is 8. The Morgan fingerprint density at radius 2 is 2.05 bits per heavy atom.